The molecule has 0 bridgehead atoms. The molecule has 4 rings (SSSR count). The Kier molecular flexibility index (Phi) is 4.87. The van der Waals surface area contributed by atoms with Gasteiger partial charge in [-0.15, -0.1) is 0 Å². The van der Waals surface area contributed by atoms with Gasteiger partial charge in [-0.3, -0.25) is 9.78 Å². The third-order valence-electron chi connectivity index (χ3n) is 3.88. The molecule has 0 aliphatic carbocycles. The van der Waals surface area contributed by atoms with E-state index in [1.165, 1.54) is 47.4 Å². The second-order valence-electron chi connectivity index (χ2n) is 5.74. The average Bonchev–Trinajstić information content (AvgIpc) is 3.21. The summed E-state index contributed by atoms with van der Waals surface area (Å²) in [7, 11) is 0. The Morgan fingerprint density at radius 3 is 2.79 bits per heavy atom. The molecule has 0 radical (unpaired) electrons. The van der Waals surface area contributed by atoms with Gasteiger partial charge in [-0.05, 0) is 36.4 Å². The highest BCUT2D eigenvalue weighted by molar-refractivity contribution is 5.55. The van der Waals surface area contributed by atoms with Gasteiger partial charge in [0.15, 0.2) is 0 Å². The number of hydrogen-bond donors (Lipinski definition) is 0. The summed E-state index contributed by atoms with van der Waals surface area (Å²) in [4.78, 5) is 25.0. The number of nitrogens with zero attached hydrogens (tertiary/aromatic N) is 5. The summed E-state index contributed by atoms with van der Waals surface area (Å²) in [6.45, 7) is 0.541. The number of pyridine rings is 1. The van der Waals surface area contributed by atoms with Gasteiger partial charge in [-0.2, -0.15) is 4.98 Å². The van der Waals surface area contributed by atoms with Crippen molar-refractivity contribution in [1.82, 2.24) is 24.7 Å². The third-order valence-corrected chi connectivity index (χ3v) is 3.88. The normalized spacial score (nSPS) is 10.8. The topological polar surface area (TPSA) is 95.9 Å². The third kappa shape index (κ3) is 3.78. The largest absolute Gasteiger partial charge is 0.492 e. The minimum atomic E-state index is -0.336. The predicted molar refractivity (Wildman–Crippen MR) is 96.9 cm³/mol. The summed E-state index contributed by atoms with van der Waals surface area (Å²) in [6.07, 6.45) is 6.20. The Balaban J connectivity index is 1.50. The lowest BCUT2D eigenvalue weighted by Crippen LogP contribution is -2.23. The minimum Gasteiger partial charge on any atom is -0.492 e. The Morgan fingerprint density at radius 1 is 1.14 bits per heavy atom. The van der Waals surface area contributed by atoms with Crippen LogP contribution in [0.25, 0.3) is 23.0 Å². The van der Waals surface area contributed by atoms with Gasteiger partial charge in [0.1, 0.15) is 29.4 Å². The van der Waals surface area contributed by atoms with Crippen LogP contribution in [-0.4, -0.2) is 31.3 Å². The van der Waals surface area contributed by atoms with E-state index in [2.05, 4.69) is 20.1 Å². The van der Waals surface area contributed by atoms with Crippen molar-refractivity contribution in [3.05, 3.63) is 77.4 Å². The summed E-state index contributed by atoms with van der Waals surface area (Å²) < 4.78 is 25.1. The zero-order valence-corrected chi connectivity index (χ0v) is 14.5. The lowest BCUT2D eigenvalue weighted by Gasteiger charge is -2.08. The number of rotatable bonds is 6. The van der Waals surface area contributed by atoms with Crippen LogP contribution in [0.3, 0.4) is 0 Å². The standard InChI is InChI=1S/C19H14FN5O3/c20-13-3-5-14(6-4-13)27-11-10-25-9-1-2-15(19(25)26)18-23-17(24-28-18)16-12-21-7-8-22-16/h1-9,12H,10-11H2. The molecule has 4 aromatic rings. The highest BCUT2D eigenvalue weighted by Gasteiger charge is 2.15. The van der Waals surface area contributed by atoms with E-state index in [4.69, 9.17) is 9.26 Å². The highest BCUT2D eigenvalue weighted by atomic mass is 19.1. The molecule has 0 N–H and O–H groups in total. The number of ether oxygens (including phenoxy) is 1. The molecule has 3 heterocycles. The molecule has 0 aliphatic heterocycles. The molecule has 0 atom stereocenters. The van der Waals surface area contributed by atoms with Gasteiger partial charge in [0.25, 0.3) is 11.4 Å². The van der Waals surface area contributed by atoms with Crippen molar-refractivity contribution < 1.29 is 13.7 Å². The molecule has 0 spiro atoms. The molecule has 0 aliphatic rings. The van der Waals surface area contributed by atoms with Crippen molar-refractivity contribution >= 4 is 0 Å². The van der Waals surface area contributed by atoms with E-state index in [-0.39, 0.29) is 35.3 Å². The van der Waals surface area contributed by atoms with Crippen LogP contribution in [0, 0.1) is 5.82 Å². The van der Waals surface area contributed by atoms with Gasteiger partial charge in [-0.1, -0.05) is 5.16 Å². The van der Waals surface area contributed by atoms with Crippen molar-refractivity contribution in [3.63, 3.8) is 0 Å². The second kappa shape index (κ2) is 7.78. The Morgan fingerprint density at radius 2 is 2.00 bits per heavy atom. The summed E-state index contributed by atoms with van der Waals surface area (Å²) in [5.41, 5.74) is 0.424. The van der Waals surface area contributed by atoms with Gasteiger partial charge in [0, 0.05) is 18.6 Å². The maximum atomic E-state index is 12.9. The lowest BCUT2D eigenvalue weighted by molar-refractivity contribution is 0.296. The first-order chi connectivity index (χ1) is 13.7. The van der Waals surface area contributed by atoms with E-state index < -0.39 is 0 Å². The van der Waals surface area contributed by atoms with Crippen molar-refractivity contribution in [2.24, 2.45) is 0 Å². The monoisotopic (exact) mass is 379 g/mol. The zero-order chi connectivity index (χ0) is 19.3. The Labute approximate surface area is 158 Å². The average molecular weight is 379 g/mol. The van der Waals surface area contributed by atoms with Gasteiger partial charge in [0.2, 0.25) is 5.82 Å². The summed E-state index contributed by atoms with van der Waals surface area (Å²) in [5.74, 6) is 0.532. The Bertz CT molecular complexity index is 1130. The van der Waals surface area contributed by atoms with Crippen molar-refractivity contribution in [3.8, 4) is 28.7 Å². The number of aromatic nitrogens is 5. The van der Waals surface area contributed by atoms with Crippen LogP contribution < -0.4 is 10.3 Å². The molecular weight excluding hydrogens is 365 g/mol. The van der Waals surface area contributed by atoms with Gasteiger partial charge >= 0.3 is 0 Å². The maximum absolute atomic E-state index is 12.9. The Hall–Kier alpha value is -3.88. The van der Waals surface area contributed by atoms with Gasteiger partial charge in [0.05, 0.1) is 12.7 Å². The molecule has 9 heteroatoms. The van der Waals surface area contributed by atoms with Gasteiger partial charge in [-0.25, -0.2) is 9.37 Å². The van der Waals surface area contributed by atoms with Crippen LogP contribution >= 0.6 is 0 Å². The zero-order valence-electron chi connectivity index (χ0n) is 14.5. The van der Waals surface area contributed by atoms with Crippen molar-refractivity contribution in [1.29, 1.82) is 0 Å². The minimum absolute atomic E-state index is 0.0967. The van der Waals surface area contributed by atoms with Crippen LogP contribution in [0.4, 0.5) is 4.39 Å². The fraction of sp³-hybridized carbons (Fsp3) is 0.105. The second-order valence-corrected chi connectivity index (χ2v) is 5.74. The van der Waals surface area contributed by atoms with E-state index in [0.29, 0.717) is 18.0 Å². The maximum Gasteiger partial charge on any atom is 0.263 e. The van der Waals surface area contributed by atoms with Crippen molar-refractivity contribution in [2.45, 2.75) is 6.54 Å². The quantitative estimate of drug-likeness (QED) is 0.508. The predicted octanol–water partition coefficient (Wildman–Crippen LogP) is 2.57. The molecule has 3 aromatic heterocycles. The van der Waals surface area contributed by atoms with Crippen LogP contribution in [0.15, 0.2) is 70.5 Å². The molecule has 0 saturated carbocycles. The first-order valence-electron chi connectivity index (χ1n) is 8.39. The molecule has 0 unspecified atom stereocenters. The van der Waals surface area contributed by atoms with E-state index in [0.717, 1.165) is 0 Å². The summed E-state index contributed by atoms with van der Waals surface area (Å²) in [6, 6.07) is 9.00. The molecule has 0 saturated heterocycles. The van der Waals surface area contributed by atoms with Crippen LogP contribution in [0.1, 0.15) is 0 Å². The number of halogens is 1. The molecule has 0 fully saturated rings. The first-order valence-corrected chi connectivity index (χ1v) is 8.39. The lowest BCUT2D eigenvalue weighted by atomic mass is 10.2. The fourth-order valence-electron chi connectivity index (χ4n) is 2.52. The number of hydrogen-bond acceptors (Lipinski definition) is 7. The molecule has 28 heavy (non-hydrogen) atoms. The molecule has 1 aromatic carbocycles. The smallest absolute Gasteiger partial charge is 0.263 e. The van der Waals surface area contributed by atoms with Crippen molar-refractivity contribution in [2.75, 3.05) is 6.61 Å². The highest BCUT2D eigenvalue weighted by Crippen LogP contribution is 2.17. The van der Waals surface area contributed by atoms with Crippen LogP contribution in [-0.2, 0) is 6.54 Å². The first kappa shape index (κ1) is 17.5. The molecule has 140 valence electrons. The SMILES string of the molecule is O=c1c(-c2nc(-c3cnccn3)no2)cccn1CCOc1ccc(F)cc1. The molecule has 8 nitrogen and oxygen atoms in total. The summed E-state index contributed by atoms with van der Waals surface area (Å²) in [5, 5.41) is 3.85. The van der Waals surface area contributed by atoms with Crippen LogP contribution in [0.2, 0.25) is 0 Å². The summed E-state index contributed by atoms with van der Waals surface area (Å²) >= 11 is 0. The molecular formula is C19H14FN5O3. The fourth-order valence-corrected chi connectivity index (χ4v) is 2.52. The van der Waals surface area contributed by atoms with E-state index in [1.807, 2.05) is 0 Å². The number of benzene rings is 1. The molecule has 0 amide bonds. The van der Waals surface area contributed by atoms with E-state index in [1.54, 1.807) is 18.3 Å². The van der Waals surface area contributed by atoms with E-state index in [9.17, 15) is 9.18 Å². The van der Waals surface area contributed by atoms with Gasteiger partial charge < -0.3 is 13.8 Å². The van der Waals surface area contributed by atoms with E-state index >= 15 is 0 Å². The van der Waals surface area contributed by atoms with Crippen LogP contribution in [0.5, 0.6) is 5.75 Å².